The highest BCUT2D eigenvalue weighted by molar-refractivity contribution is 5.38. The lowest BCUT2D eigenvalue weighted by Crippen LogP contribution is -2.08. The second-order valence-electron chi connectivity index (χ2n) is 4.35. The largest absolute Gasteiger partial charge is 0.377 e. The Morgan fingerprint density at radius 2 is 1.81 bits per heavy atom. The van der Waals surface area contributed by atoms with E-state index < -0.39 is 17.6 Å². The highest BCUT2D eigenvalue weighted by Gasteiger charge is 2.11. The van der Waals surface area contributed by atoms with Crippen molar-refractivity contribution in [1.82, 2.24) is 4.98 Å². The van der Waals surface area contributed by atoms with Gasteiger partial charge in [-0.05, 0) is 18.1 Å². The van der Waals surface area contributed by atoms with E-state index >= 15 is 0 Å². The molecule has 0 saturated heterocycles. The number of anilines is 1. The van der Waals surface area contributed by atoms with Gasteiger partial charge in [-0.15, -0.1) is 0 Å². The number of pyridine rings is 1. The van der Waals surface area contributed by atoms with Crippen LogP contribution in [0.5, 0.6) is 0 Å². The van der Waals surface area contributed by atoms with Crippen LogP contribution in [0.4, 0.5) is 19.0 Å². The molecule has 1 aromatic heterocycles. The summed E-state index contributed by atoms with van der Waals surface area (Å²) in [6.07, 6.45) is 0. The molecular weight excluding hydrogens is 281 g/mol. The van der Waals surface area contributed by atoms with E-state index in [9.17, 15) is 13.2 Å². The van der Waals surface area contributed by atoms with E-state index in [4.69, 9.17) is 4.74 Å². The van der Waals surface area contributed by atoms with E-state index in [1.165, 1.54) is 0 Å². The first-order valence-corrected chi connectivity index (χ1v) is 6.51. The zero-order valence-electron chi connectivity index (χ0n) is 11.5. The van der Waals surface area contributed by atoms with E-state index in [-0.39, 0.29) is 12.4 Å². The minimum atomic E-state index is -1.33. The van der Waals surface area contributed by atoms with Crippen LogP contribution in [0.25, 0.3) is 0 Å². The molecule has 0 fully saturated rings. The van der Waals surface area contributed by atoms with Crippen LogP contribution in [0.3, 0.4) is 0 Å². The fraction of sp³-hybridized carbons (Fsp3) is 0.267. The molecule has 1 N–H and O–H groups in total. The summed E-state index contributed by atoms with van der Waals surface area (Å²) in [5.41, 5.74) is 1.81. The Labute approximate surface area is 120 Å². The number of hydrogen-bond acceptors (Lipinski definition) is 3. The Bertz CT molecular complexity index is 620. The minimum Gasteiger partial charge on any atom is -0.377 e. The van der Waals surface area contributed by atoms with Gasteiger partial charge in [0.2, 0.25) is 0 Å². The molecule has 0 atom stereocenters. The van der Waals surface area contributed by atoms with Gasteiger partial charge in [-0.2, -0.15) is 9.37 Å². The third-order valence-electron chi connectivity index (χ3n) is 2.91. The monoisotopic (exact) mass is 296 g/mol. The van der Waals surface area contributed by atoms with Gasteiger partial charge in [0.05, 0.1) is 6.61 Å². The van der Waals surface area contributed by atoms with Gasteiger partial charge in [-0.25, -0.2) is 8.78 Å². The van der Waals surface area contributed by atoms with Crippen LogP contribution in [0.2, 0.25) is 0 Å². The average Bonchev–Trinajstić information content (AvgIpc) is 2.48. The quantitative estimate of drug-likeness (QED) is 0.826. The summed E-state index contributed by atoms with van der Waals surface area (Å²) in [7, 11) is 0. The second kappa shape index (κ2) is 7.08. The summed E-state index contributed by atoms with van der Waals surface area (Å²) in [5.74, 6) is -3.90. The Morgan fingerprint density at radius 1 is 1.10 bits per heavy atom. The molecule has 0 bridgehead atoms. The predicted molar refractivity (Wildman–Crippen MR) is 73.2 cm³/mol. The van der Waals surface area contributed by atoms with Crippen LogP contribution in [0, 0.1) is 17.6 Å². The van der Waals surface area contributed by atoms with Crippen LogP contribution in [0.1, 0.15) is 18.1 Å². The third kappa shape index (κ3) is 3.95. The summed E-state index contributed by atoms with van der Waals surface area (Å²) in [6, 6.07) is 7.91. The normalized spacial score (nSPS) is 10.7. The lowest BCUT2D eigenvalue weighted by molar-refractivity contribution is 0.133. The number of halogens is 3. The number of hydrogen-bond donors (Lipinski definition) is 1. The summed E-state index contributed by atoms with van der Waals surface area (Å²) in [4.78, 5) is 3.22. The van der Waals surface area contributed by atoms with E-state index in [2.05, 4.69) is 10.3 Å². The predicted octanol–water partition coefficient (Wildman–Crippen LogP) is 3.65. The maximum absolute atomic E-state index is 13.5. The smallest absolute Gasteiger partial charge is 0.251 e. The van der Waals surface area contributed by atoms with Crippen molar-refractivity contribution in [1.29, 1.82) is 0 Å². The maximum atomic E-state index is 13.5. The molecule has 1 aromatic carbocycles. The molecule has 0 unspecified atom stereocenters. The standard InChI is InChI=1S/C15H15F3N2O/c1-2-21-9-11-6-4-3-5-10(11)8-19-15-13(17)7-12(16)14(18)20-15/h3-7H,2,8-9H2,1H3,(H,19,20). The number of aromatic nitrogens is 1. The molecule has 112 valence electrons. The summed E-state index contributed by atoms with van der Waals surface area (Å²) in [5, 5.41) is 2.67. The molecule has 0 saturated carbocycles. The van der Waals surface area contributed by atoms with Crippen molar-refractivity contribution >= 4 is 5.82 Å². The average molecular weight is 296 g/mol. The second-order valence-corrected chi connectivity index (χ2v) is 4.35. The highest BCUT2D eigenvalue weighted by Crippen LogP contribution is 2.17. The van der Waals surface area contributed by atoms with Crippen molar-refractivity contribution in [2.75, 3.05) is 11.9 Å². The molecule has 2 aromatic rings. The van der Waals surface area contributed by atoms with E-state index in [0.717, 1.165) is 11.1 Å². The number of nitrogens with one attached hydrogen (secondary N) is 1. The number of rotatable bonds is 6. The Kier molecular flexibility index (Phi) is 5.16. The van der Waals surface area contributed by atoms with Gasteiger partial charge in [0.1, 0.15) is 0 Å². The highest BCUT2D eigenvalue weighted by atomic mass is 19.2. The Balaban J connectivity index is 2.11. The Morgan fingerprint density at radius 3 is 2.52 bits per heavy atom. The maximum Gasteiger partial charge on any atom is 0.251 e. The molecule has 0 aliphatic carbocycles. The topological polar surface area (TPSA) is 34.1 Å². The van der Waals surface area contributed by atoms with Gasteiger partial charge in [-0.1, -0.05) is 24.3 Å². The van der Waals surface area contributed by atoms with Gasteiger partial charge in [0, 0.05) is 19.2 Å². The zero-order valence-corrected chi connectivity index (χ0v) is 11.5. The van der Waals surface area contributed by atoms with Crippen LogP contribution in [-0.4, -0.2) is 11.6 Å². The molecule has 3 nitrogen and oxygen atoms in total. The molecule has 0 amide bonds. The molecule has 0 aliphatic rings. The Hall–Kier alpha value is -2.08. The minimum absolute atomic E-state index is 0.234. The van der Waals surface area contributed by atoms with Crippen LogP contribution in [0.15, 0.2) is 30.3 Å². The van der Waals surface area contributed by atoms with E-state index in [0.29, 0.717) is 19.3 Å². The first-order chi connectivity index (χ1) is 10.1. The molecule has 21 heavy (non-hydrogen) atoms. The third-order valence-corrected chi connectivity index (χ3v) is 2.91. The summed E-state index contributed by atoms with van der Waals surface area (Å²) < 4.78 is 44.6. The van der Waals surface area contributed by atoms with Gasteiger partial charge in [-0.3, -0.25) is 0 Å². The molecule has 0 spiro atoms. The van der Waals surface area contributed by atoms with Crippen LogP contribution in [-0.2, 0) is 17.9 Å². The molecule has 6 heteroatoms. The fourth-order valence-electron chi connectivity index (χ4n) is 1.83. The van der Waals surface area contributed by atoms with Gasteiger partial charge >= 0.3 is 0 Å². The van der Waals surface area contributed by atoms with E-state index in [1.807, 2.05) is 31.2 Å². The summed E-state index contributed by atoms with van der Waals surface area (Å²) >= 11 is 0. The first-order valence-electron chi connectivity index (χ1n) is 6.51. The molecule has 2 rings (SSSR count). The summed E-state index contributed by atoms with van der Waals surface area (Å²) in [6.45, 7) is 3.14. The van der Waals surface area contributed by atoms with Crippen molar-refractivity contribution in [2.45, 2.75) is 20.1 Å². The number of ether oxygens (including phenoxy) is 1. The van der Waals surface area contributed by atoms with Crippen LogP contribution < -0.4 is 5.32 Å². The first kappa shape index (κ1) is 15.3. The van der Waals surface area contributed by atoms with Gasteiger partial charge < -0.3 is 10.1 Å². The fourth-order valence-corrected chi connectivity index (χ4v) is 1.83. The SMILES string of the molecule is CCOCc1ccccc1CNc1nc(F)c(F)cc1F. The van der Waals surface area contributed by atoms with Gasteiger partial charge in [0.15, 0.2) is 17.5 Å². The van der Waals surface area contributed by atoms with Crippen molar-refractivity contribution in [3.05, 3.63) is 59.0 Å². The van der Waals surface area contributed by atoms with Crippen LogP contribution >= 0.6 is 0 Å². The van der Waals surface area contributed by atoms with Crippen molar-refractivity contribution in [3.8, 4) is 0 Å². The molecule has 1 heterocycles. The molecule has 0 aliphatic heterocycles. The number of benzene rings is 1. The lowest BCUT2D eigenvalue weighted by Gasteiger charge is -2.11. The lowest BCUT2D eigenvalue weighted by atomic mass is 10.1. The van der Waals surface area contributed by atoms with E-state index in [1.54, 1.807) is 0 Å². The van der Waals surface area contributed by atoms with Crippen molar-refractivity contribution in [3.63, 3.8) is 0 Å². The zero-order chi connectivity index (χ0) is 15.2. The van der Waals surface area contributed by atoms with Crippen molar-refractivity contribution < 1.29 is 17.9 Å². The molecular formula is C15H15F3N2O. The van der Waals surface area contributed by atoms with Crippen molar-refractivity contribution in [2.24, 2.45) is 0 Å². The molecule has 0 radical (unpaired) electrons. The number of nitrogens with zero attached hydrogens (tertiary/aromatic N) is 1. The van der Waals surface area contributed by atoms with Gasteiger partial charge in [0.25, 0.3) is 5.95 Å².